The largest absolute Gasteiger partial charge is 0.465 e. The fraction of sp³-hybridized carbons (Fsp3) is 0.727. The van der Waals surface area contributed by atoms with E-state index in [2.05, 4.69) is 0 Å². The molecule has 1 aliphatic carbocycles. The van der Waals surface area contributed by atoms with Gasteiger partial charge in [0.2, 0.25) is 0 Å². The van der Waals surface area contributed by atoms with Crippen molar-refractivity contribution in [1.29, 1.82) is 0 Å². The summed E-state index contributed by atoms with van der Waals surface area (Å²) in [7, 11) is 0. The summed E-state index contributed by atoms with van der Waals surface area (Å²) in [6, 6.07) is 0.0114. The molecule has 1 aliphatic heterocycles. The average molecular weight is 211 g/mol. The highest BCUT2D eigenvalue weighted by Gasteiger charge is 2.25. The second-order valence-corrected chi connectivity index (χ2v) is 4.25. The molecule has 0 aromatic heterocycles. The zero-order chi connectivity index (χ0) is 10.7. The van der Waals surface area contributed by atoms with Crippen LogP contribution in [0.5, 0.6) is 0 Å². The van der Waals surface area contributed by atoms with Crippen molar-refractivity contribution >= 4 is 5.97 Å². The van der Waals surface area contributed by atoms with Gasteiger partial charge in [-0.25, -0.2) is 0 Å². The fourth-order valence-corrected chi connectivity index (χ4v) is 1.92. The normalized spacial score (nSPS) is 34.6. The summed E-state index contributed by atoms with van der Waals surface area (Å²) in [5, 5.41) is 0. The van der Waals surface area contributed by atoms with Crippen molar-refractivity contribution < 1.29 is 14.3 Å². The number of nitrogens with two attached hydrogens (primary N) is 1. The molecule has 2 N–H and O–H groups in total. The smallest absolute Gasteiger partial charge is 0.312 e. The monoisotopic (exact) mass is 211 g/mol. The molecule has 0 amide bonds. The highest BCUT2D eigenvalue weighted by atomic mass is 16.5. The molecule has 0 spiro atoms. The third-order valence-corrected chi connectivity index (χ3v) is 2.90. The first-order valence-electron chi connectivity index (χ1n) is 5.44. The molecule has 1 saturated heterocycles. The Morgan fingerprint density at radius 1 is 1.53 bits per heavy atom. The summed E-state index contributed by atoms with van der Waals surface area (Å²) >= 11 is 0. The lowest BCUT2D eigenvalue weighted by Crippen LogP contribution is -2.22. The number of carbonyl (C=O) groups excluding carboxylic acids is 1. The Kier molecular flexibility index (Phi) is 3.38. The van der Waals surface area contributed by atoms with Gasteiger partial charge >= 0.3 is 5.97 Å². The molecule has 0 aromatic rings. The Hall–Kier alpha value is -0.870. The van der Waals surface area contributed by atoms with E-state index in [1.54, 1.807) is 0 Å². The topological polar surface area (TPSA) is 61.6 Å². The Labute approximate surface area is 89.4 Å². The number of hydrogen-bond acceptors (Lipinski definition) is 4. The molecule has 0 saturated carbocycles. The molecule has 2 rings (SSSR count). The molecule has 2 aliphatic rings. The van der Waals surface area contributed by atoms with Crippen LogP contribution < -0.4 is 5.73 Å². The molecule has 1 fully saturated rings. The third kappa shape index (κ3) is 2.79. The van der Waals surface area contributed by atoms with Gasteiger partial charge in [-0.15, -0.1) is 0 Å². The maximum Gasteiger partial charge on any atom is 0.312 e. The van der Waals surface area contributed by atoms with Gasteiger partial charge in [0.25, 0.3) is 0 Å². The maximum atomic E-state index is 11.6. The van der Waals surface area contributed by atoms with Crippen molar-refractivity contribution in [3.8, 4) is 0 Å². The van der Waals surface area contributed by atoms with Crippen LogP contribution in [-0.2, 0) is 14.3 Å². The fourth-order valence-electron chi connectivity index (χ4n) is 1.92. The summed E-state index contributed by atoms with van der Waals surface area (Å²) in [4.78, 5) is 11.6. The van der Waals surface area contributed by atoms with Crippen LogP contribution in [0.4, 0.5) is 0 Å². The standard InChI is InChI=1S/C11H17NO3/c12-10-2-1-9(5-10)11(13)15-7-8-3-4-14-6-8/h1-2,8-10H,3-7,12H2. The van der Waals surface area contributed by atoms with Crippen molar-refractivity contribution in [3.05, 3.63) is 12.2 Å². The average Bonchev–Trinajstić information content (AvgIpc) is 2.84. The quantitative estimate of drug-likeness (QED) is 0.544. The number of hydrogen-bond donors (Lipinski definition) is 1. The summed E-state index contributed by atoms with van der Waals surface area (Å²) in [6.45, 7) is 1.99. The minimum atomic E-state index is -0.147. The van der Waals surface area contributed by atoms with E-state index in [0.717, 1.165) is 13.0 Å². The number of carbonyl (C=O) groups is 1. The van der Waals surface area contributed by atoms with Crippen LogP contribution in [0, 0.1) is 11.8 Å². The SMILES string of the molecule is NC1C=CC(C(=O)OCC2CCOC2)C1. The van der Waals surface area contributed by atoms with Gasteiger partial charge in [0.05, 0.1) is 19.1 Å². The van der Waals surface area contributed by atoms with Crippen LogP contribution in [0.15, 0.2) is 12.2 Å². The Morgan fingerprint density at radius 3 is 3.00 bits per heavy atom. The molecule has 0 aromatic carbocycles. The summed E-state index contributed by atoms with van der Waals surface area (Å²) in [6.07, 6.45) is 5.38. The Bertz CT molecular complexity index is 259. The highest BCUT2D eigenvalue weighted by Crippen LogP contribution is 2.19. The van der Waals surface area contributed by atoms with Gasteiger partial charge in [-0.3, -0.25) is 4.79 Å². The van der Waals surface area contributed by atoms with Crippen LogP contribution in [0.1, 0.15) is 12.8 Å². The third-order valence-electron chi connectivity index (χ3n) is 2.90. The van der Waals surface area contributed by atoms with Crippen molar-refractivity contribution in [1.82, 2.24) is 0 Å². The first kappa shape index (κ1) is 10.6. The number of rotatable bonds is 3. The lowest BCUT2D eigenvalue weighted by molar-refractivity contribution is -0.148. The van der Waals surface area contributed by atoms with Gasteiger partial charge in [-0.2, -0.15) is 0 Å². The predicted molar refractivity (Wildman–Crippen MR) is 55.1 cm³/mol. The minimum Gasteiger partial charge on any atom is -0.465 e. The molecule has 4 heteroatoms. The van der Waals surface area contributed by atoms with Crippen molar-refractivity contribution in [2.24, 2.45) is 17.6 Å². The van der Waals surface area contributed by atoms with E-state index in [1.807, 2.05) is 12.2 Å². The van der Waals surface area contributed by atoms with Gasteiger partial charge in [-0.05, 0) is 12.8 Å². The Morgan fingerprint density at radius 2 is 2.40 bits per heavy atom. The second-order valence-electron chi connectivity index (χ2n) is 4.25. The van der Waals surface area contributed by atoms with Gasteiger partial charge < -0.3 is 15.2 Å². The summed E-state index contributed by atoms with van der Waals surface area (Å²) in [5.41, 5.74) is 5.67. The van der Waals surface area contributed by atoms with Crippen LogP contribution in [0.2, 0.25) is 0 Å². The van der Waals surface area contributed by atoms with E-state index in [-0.39, 0.29) is 17.9 Å². The van der Waals surface area contributed by atoms with Crippen molar-refractivity contribution in [2.45, 2.75) is 18.9 Å². The van der Waals surface area contributed by atoms with Crippen LogP contribution in [-0.4, -0.2) is 31.8 Å². The molecular formula is C11H17NO3. The van der Waals surface area contributed by atoms with E-state index < -0.39 is 0 Å². The molecule has 1 heterocycles. The molecule has 0 radical (unpaired) electrons. The zero-order valence-corrected chi connectivity index (χ0v) is 8.72. The zero-order valence-electron chi connectivity index (χ0n) is 8.72. The Balaban J connectivity index is 1.70. The molecule has 3 unspecified atom stereocenters. The van der Waals surface area contributed by atoms with Crippen LogP contribution in [0.25, 0.3) is 0 Å². The second kappa shape index (κ2) is 4.77. The number of esters is 1. The maximum absolute atomic E-state index is 11.6. The molecule has 0 bridgehead atoms. The van der Waals surface area contributed by atoms with E-state index >= 15 is 0 Å². The molecule has 15 heavy (non-hydrogen) atoms. The van der Waals surface area contributed by atoms with Crippen molar-refractivity contribution in [3.63, 3.8) is 0 Å². The summed E-state index contributed by atoms with van der Waals surface area (Å²) < 4.78 is 10.4. The molecule has 3 atom stereocenters. The number of ether oxygens (including phenoxy) is 2. The molecule has 4 nitrogen and oxygen atoms in total. The molecule has 84 valence electrons. The summed E-state index contributed by atoms with van der Waals surface area (Å²) in [5.74, 6) is 0.0985. The van der Waals surface area contributed by atoms with Gasteiger partial charge in [0.1, 0.15) is 0 Å². The van der Waals surface area contributed by atoms with Crippen LogP contribution >= 0.6 is 0 Å². The predicted octanol–water partition coefficient (Wildman–Crippen LogP) is 0.469. The highest BCUT2D eigenvalue weighted by molar-refractivity contribution is 5.75. The van der Waals surface area contributed by atoms with E-state index in [9.17, 15) is 4.79 Å². The van der Waals surface area contributed by atoms with E-state index in [0.29, 0.717) is 25.6 Å². The molecular weight excluding hydrogens is 194 g/mol. The first-order valence-corrected chi connectivity index (χ1v) is 5.44. The van der Waals surface area contributed by atoms with Crippen molar-refractivity contribution in [2.75, 3.05) is 19.8 Å². The van der Waals surface area contributed by atoms with Gasteiger partial charge in [0.15, 0.2) is 0 Å². The van der Waals surface area contributed by atoms with Gasteiger partial charge in [-0.1, -0.05) is 12.2 Å². The van der Waals surface area contributed by atoms with E-state index in [4.69, 9.17) is 15.2 Å². The lowest BCUT2D eigenvalue weighted by atomic mass is 10.1. The lowest BCUT2D eigenvalue weighted by Gasteiger charge is -2.12. The van der Waals surface area contributed by atoms with Gasteiger partial charge in [0, 0.05) is 18.6 Å². The first-order chi connectivity index (χ1) is 7.25. The van der Waals surface area contributed by atoms with E-state index in [1.165, 1.54) is 0 Å². The minimum absolute atomic E-state index is 0.0114. The van der Waals surface area contributed by atoms with Crippen LogP contribution in [0.3, 0.4) is 0 Å².